The van der Waals surface area contributed by atoms with Crippen LogP contribution in [-0.4, -0.2) is 35.1 Å². The zero-order valence-electron chi connectivity index (χ0n) is 12.0. The number of furan rings is 1. The Labute approximate surface area is 116 Å². The molecule has 0 aliphatic carbocycles. The minimum absolute atomic E-state index is 0.0880. The minimum Gasteiger partial charge on any atom is -0.448 e. The van der Waals surface area contributed by atoms with Crippen LogP contribution in [0.5, 0.6) is 0 Å². The number of halogens is 1. The van der Waals surface area contributed by atoms with Crippen LogP contribution in [0.3, 0.4) is 0 Å². The number of carbonyl (C=O) groups is 1. The molecule has 2 rings (SSSR count). The Hall–Kier alpha value is -1.88. The van der Waals surface area contributed by atoms with Gasteiger partial charge in [0.25, 0.3) is 5.91 Å². The summed E-state index contributed by atoms with van der Waals surface area (Å²) in [6.45, 7) is 5.10. The molecule has 20 heavy (non-hydrogen) atoms. The summed E-state index contributed by atoms with van der Waals surface area (Å²) in [4.78, 5) is 13.7. The fourth-order valence-corrected chi connectivity index (χ4v) is 2.24. The van der Waals surface area contributed by atoms with Crippen molar-refractivity contribution in [1.82, 2.24) is 4.90 Å². The van der Waals surface area contributed by atoms with E-state index in [9.17, 15) is 14.3 Å². The summed E-state index contributed by atoms with van der Waals surface area (Å²) in [6.07, 6.45) is 0. The van der Waals surface area contributed by atoms with Crippen LogP contribution in [-0.2, 0) is 0 Å². The van der Waals surface area contributed by atoms with Crippen LogP contribution in [0, 0.1) is 12.7 Å². The van der Waals surface area contributed by atoms with Crippen molar-refractivity contribution in [3.05, 3.63) is 35.3 Å². The molecule has 0 spiro atoms. The van der Waals surface area contributed by atoms with Crippen LogP contribution in [0.4, 0.5) is 4.39 Å². The van der Waals surface area contributed by atoms with Gasteiger partial charge in [0, 0.05) is 24.5 Å². The summed E-state index contributed by atoms with van der Waals surface area (Å²) in [5.74, 6) is -0.758. The van der Waals surface area contributed by atoms with E-state index in [2.05, 4.69) is 0 Å². The second-order valence-corrected chi connectivity index (χ2v) is 5.65. The molecule has 108 valence electrons. The van der Waals surface area contributed by atoms with Crippen molar-refractivity contribution in [2.75, 3.05) is 13.6 Å². The number of fused-ring (bicyclic) bond motifs is 1. The third kappa shape index (κ3) is 2.67. The zero-order valence-corrected chi connectivity index (χ0v) is 12.0. The van der Waals surface area contributed by atoms with Gasteiger partial charge in [0.1, 0.15) is 0 Å². The molecule has 0 unspecified atom stereocenters. The van der Waals surface area contributed by atoms with Crippen molar-refractivity contribution in [2.45, 2.75) is 26.4 Å². The van der Waals surface area contributed by atoms with Gasteiger partial charge >= 0.3 is 0 Å². The highest BCUT2D eigenvalue weighted by molar-refractivity contribution is 5.98. The Morgan fingerprint density at radius 1 is 1.45 bits per heavy atom. The van der Waals surface area contributed by atoms with Gasteiger partial charge in [-0.05, 0) is 26.8 Å². The third-order valence-electron chi connectivity index (χ3n) is 3.08. The number of nitrogens with zero attached hydrogens (tertiary/aromatic N) is 1. The highest BCUT2D eigenvalue weighted by Gasteiger charge is 2.25. The summed E-state index contributed by atoms with van der Waals surface area (Å²) in [5, 5.41) is 10.3. The topological polar surface area (TPSA) is 53.7 Å². The minimum atomic E-state index is -1.00. The molecule has 1 N–H and O–H groups in total. The first kappa shape index (κ1) is 14.5. The second kappa shape index (κ2) is 4.90. The molecule has 5 heteroatoms. The molecule has 4 nitrogen and oxygen atoms in total. The predicted molar refractivity (Wildman–Crippen MR) is 74.2 cm³/mol. The molecule has 0 saturated heterocycles. The largest absolute Gasteiger partial charge is 0.448 e. The average molecular weight is 279 g/mol. The molecule has 1 heterocycles. The summed E-state index contributed by atoms with van der Waals surface area (Å²) in [6, 6.07) is 4.58. The number of benzene rings is 1. The highest BCUT2D eigenvalue weighted by atomic mass is 19.1. The number of hydrogen-bond acceptors (Lipinski definition) is 3. The number of para-hydroxylation sites is 1. The van der Waals surface area contributed by atoms with Crippen molar-refractivity contribution >= 4 is 16.9 Å². The zero-order chi connectivity index (χ0) is 15.1. The summed E-state index contributed by atoms with van der Waals surface area (Å²) in [7, 11) is 1.57. The second-order valence-electron chi connectivity index (χ2n) is 5.65. The molecule has 0 atom stereocenters. The SMILES string of the molecule is Cc1c(C(=O)N(C)CC(C)(C)O)oc2c(F)cccc12. The number of aliphatic hydroxyl groups is 1. The van der Waals surface area contributed by atoms with E-state index in [0.717, 1.165) is 0 Å². The molecule has 0 aliphatic rings. The number of aryl methyl sites for hydroxylation is 1. The van der Waals surface area contributed by atoms with E-state index in [-0.39, 0.29) is 23.8 Å². The van der Waals surface area contributed by atoms with E-state index in [4.69, 9.17) is 4.42 Å². The van der Waals surface area contributed by atoms with E-state index in [1.807, 2.05) is 0 Å². The highest BCUT2D eigenvalue weighted by Crippen LogP contribution is 2.28. The lowest BCUT2D eigenvalue weighted by Crippen LogP contribution is -2.39. The van der Waals surface area contributed by atoms with Crippen molar-refractivity contribution in [2.24, 2.45) is 0 Å². The van der Waals surface area contributed by atoms with Gasteiger partial charge in [0.05, 0.1) is 5.60 Å². The molecule has 0 saturated carbocycles. The van der Waals surface area contributed by atoms with Gasteiger partial charge in [-0.3, -0.25) is 4.79 Å². The maximum absolute atomic E-state index is 13.7. The van der Waals surface area contributed by atoms with E-state index in [1.165, 1.54) is 11.0 Å². The molecule has 1 aromatic carbocycles. The molecule has 0 radical (unpaired) electrons. The van der Waals surface area contributed by atoms with Crippen LogP contribution >= 0.6 is 0 Å². The van der Waals surface area contributed by atoms with E-state index in [0.29, 0.717) is 10.9 Å². The molecule has 0 aliphatic heterocycles. The monoisotopic (exact) mass is 279 g/mol. The van der Waals surface area contributed by atoms with Crippen molar-refractivity contribution < 1.29 is 18.7 Å². The van der Waals surface area contributed by atoms with E-state index in [1.54, 1.807) is 40.0 Å². The number of rotatable bonds is 3. The van der Waals surface area contributed by atoms with Crippen molar-refractivity contribution in [3.8, 4) is 0 Å². The summed E-state index contributed by atoms with van der Waals surface area (Å²) < 4.78 is 19.0. The Morgan fingerprint density at radius 2 is 2.10 bits per heavy atom. The molecule has 1 aromatic heterocycles. The lowest BCUT2D eigenvalue weighted by atomic mass is 10.1. The molecular formula is C15H18FNO3. The molecule has 2 aromatic rings. The van der Waals surface area contributed by atoms with E-state index >= 15 is 0 Å². The van der Waals surface area contributed by atoms with Crippen LogP contribution in [0.2, 0.25) is 0 Å². The van der Waals surface area contributed by atoms with Gasteiger partial charge in [0.2, 0.25) is 0 Å². The number of amides is 1. The average Bonchev–Trinajstić information content (AvgIpc) is 2.66. The van der Waals surface area contributed by atoms with Crippen LogP contribution in [0.15, 0.2) is 22.6 Å². The Kier molecular flexibility index (Phi) is 3.56. The maximum Gasteiger partial charge on any atom is 0.289 e. The molecule has 0 fully saturated rings. The van der Waals surface area contributed by atoms with Gasteiger partial charge in [-0.2, -0.15) is 0 Å². The first-order chi connectivity index (χ1) is 9.20. The van der Waals surface area contributed by atoms with Crippen LogP contribution in [0.1, 0.15) is 30.0 Å². The van der Waals surface area contributed by atoms with Gasteiger partial charge in [-0.25, -0.2) is 4.39 Å². The Morgan fingerprint density at radius 3 is 2.65 bits per heavy atom. The van der Waals surface area contributed by atoms with Gasteiger partial charge < -0.3 is 14.4 Å². The Bertz CT molecular complexity index is 655. The summed E-state index contributed by atoms with van der Waals surface area (Å²) >= 11 is 0. The first-order valence-corrected chi connectivity index (χ1v) is 6.36. The number of hydrogen-bond donors (Lipinski definition) is 1. The fourth-order valence-electron chi connectivity index (χ4n) is 2.24. The van der Waals surface area contributed by atoms with Crippen LogP contribution in [0.25, 0.3) is 11.0 Å². The predicted octanol–water partition coefficient (Wildman–Crippen LogP) is 2.72. The smallest absolute Gasteiger partial charge is 0.289 e. The van der Waals surface area contributed by atoms with Gasteiger partial charge in [-0.1, -0.05) is 12.1 Å². The normalized spacial score (nSPS) is 11.9. The maximum atomic E-state index is 13.7. The Balaban J connectivity index is 2.40. The molecular weight excluding hydrogens is 261 g/mol. The molecule has 1 amide bonds. The fraction of sp³-hybridized carbons (Fsp3) is 0.400. The quantitative estimate of drug-likeness (QED) is 0.940. The third-order valence-corrected chi connectivity index (χ3v) is 3.08. The van der Waals surface area contributed by atoms with Gasteiger partial charge in [-0.15, -0.1) is 0 Å². The van der Waals surface area contributed by atoms with Crippen molar-refractivity contribution in [1.29, 1.82) is 0 Å². The molecule has 0 bridgehead atoms. The van der Waals surface area contributed by atoms with E-state index < -0.39 is 11.4 Å². The van der Waals surface area contributed by atoms with Crippen molar-refractivity contribution in [3.63, 3.8) is 0 Å². The first-order valence-electron chi connectivity index (χ1n) is 6.36. The standard InChI is InChI=1S/C15H18FNO3/c1-9-10-6-5-7-11(16)13(10)20-12(9)14(18)17(4)8-15(2,3)19/h5-7,19H,8H2,1-4H3. The lowest BCUT2D eigenvalue weighted by molar-refractivity contribution is 0.0352. The number of likely N-dealkylation sites (N-methyl/N-ethyl adjacent to an activating group) is 1. The summed E-state index contributed by atoms with van der Waals surface area (Å²) in [5.41, 5.74) is -0.313. The number of carbonyl (C=O) groups excluding carboxylic acids is 1. The van der Waals surface area contributed by atoms with Gasteiger partial charge in [0.15, 0.2) is 17.2 Å². The van der Waals surface area contributed by atoms with Crippen LogP contribution < -0.4 is 0 Å². The lowest BCUT2D eigenvalue weighted by Gasteiger charge is -2.24.